The molecule has 0 saturated carbocycles. The predicted molar refractivity (Wildman–Crippen MR) is 96.2 cm³/mol. The fourth-order valence-corrected chi connectivity index (χ4v) is 2.99. The van der Waals surface area contributed by atoms with Gasteiger partial charge in [0.05, 0.1) is 11.1 Å². The number of unbranched alkanes of at least 4 members (excludes halogenated alkanes) is 2. The molecule has 2 aromatic heterocycles. The molecule has 0 bridgehead atoms. The molecule has 144 valence electrons. The molecule has 9 heteroatoms. The van der Waals surface area contributed by atoms with E-state index >= 15 is 0 Å². The Labute approximate surface area is 154 Å². The van der Waals surface area contributed by atoms with Crippen molar-refractivity contribution < 1.29 is 4.79 Å². The van der Waals surface area contributed by atoms with Crippen molar-refractivity contribution in [1.29, 1.82) is 0 Å². The number of Topliss-reactive ketones (excluding diaryl/α,β-unsaturated/α-hetero) is 1. The van der Waals surface area contributed by atoms with Crippen LogP contribution in [0.2, 0.25) is 0 Å². The van der Waals surface area contributed by atoms with Crippen LogP contribution in [-0.2, 0) is 15.9 Å². The van der Waals surface area contributed by atoms with Crippen LogP contribution in [-0.4, -0.2) is 46.2 Å². The molecule has 26 heavy (non-hydrogen) atoms. The van der Waals surface area contributed by atoms with Gasteiger partial charge in [-0.1, -0.05) is 12.8 Å². The first kappa shape index (κ1) is 20.1. The Hall–Kier alpha value is -2.19. The highest BCUT2D eigenvalue weighted by molar-refractivity contribution is 5.78. The topological polar surface area (TPSA) is 104 Å². The van der Waals surface area contributed by atoms with Crippen LogP contribution in [0.5, 0.6) is 0 Å². The van der Waals surface area contributed by atoms with Gasteiger partial charge in [-0.25, -0.2) is 9.36 Å². The van der Waals surface area contributed by atoms with E-state index in [-0.39, 0.29) is 11.1 Å². The normalized spacial score (nSPS) is 12.5. The molecule has 2 aromatic rings. The molecule has 0 saturated heterocycles. The minimum absolute atomic E-state index is 0.117. The van der Waals surface area contributed by atoms with Crippen LogP contribution in [0.4, 0.5) is 0 Å². The van der Waals surface area contributed by atoms with Gasteiger partial charge in [-0.15, -0.1) is 10.2 Å². The average Bonchev–Trinajstić information content (AvgIpc) is 3.29. The van der Waals surface area contributed by atoms with E-state index in [0.717, 1.165) is 38.5 Å². The third kappa shape index (κ3) is 5.96. The summed E-state index contributed by atoms with van der Waals surface area (Å²) in [5.41, 5.74) is -0.233. The summed E-state index contributed by atoms with van der Waals surface area (Å²) in [5, 5.41) is 22.7. The van der Waals surface area contributed by atoms with Crippen molar-refractivity contribution in [2.75, 3.05) is 0 Å². The van der Waals surface area contributed by atoms with Crippen molar-refractivity contribution in [3.63, 3.8) is 0 Å². The number of carbonyl (C=O) groups is 1. The van der Waals surface area contributed by atoms with Gasteiger partial charge in [0.1, 0.15) is 18.4 Å². The lowest BCUT2D eigenvalue weighted by atomic mass is 9.94. The fraction of sp³-hybridized carbons (Fsp3) is 0.824. The van der Waals surface area contributed by atoms with Crippen molar-refractivity contribution in [3.8, 4) is 0 Å². The summed E-state index contributed by atoms with van der Waals surface area (Å²) < 4.78 is 3.56. The molecule has 0 atom stereocenters. The molecule has 0 unspecified atom stereocenters. The van der Waals surface area contributed by atoms with Crippen LogP contribution >= 0.6 is 0 Å². The van der Waals surface area contributed by atoms with Crippen molar-refractivity contribution in [2.24, 2.45) is 0 Å². The number of aromatic nitrogens is 8. The van der Waals surface area contributed by atoms with E-state index in [9.17, 15) is 4.79 Å². The highest BCUT2D eigenvalue weighted by Crippen LogP contribution is 2.23. The second-order valence-electron chi connectivity index (χ2n) is 8.09. The van der Waals surface area contributed by atoms with Crippen LogP contribution in [0, 0.1) is 0 Å². The lowest BCUT2D eigenvalue weighted by Crippen LogP contribution is -2.27. The maximum atomic E-state index is 12.1. The van der Waals surface area contributed by atoms with E-state index < -0.39 is 0 Å². The standard InChI is InChI=1S/C17H30N8O/c1-16(2,24-13-18-20-22-24)11-7-5-9-15(26)10-6-8-12-17(3,4)25-14-19-21-23-25/h13-14H,5-12H2,1-4H3. The lowest BCUT2D eigenvalue weighted by Gasteiger charge is -2.24. The van der Waals surface area contributed by atoms with E-state index in [4.69, 9.17) is 0 Å². The molecule has 0 aromatic carbocycles. The number of tetrazole rings is 2. The molecule has 0 fully saturated rings. The second kappa shape index (κ2) is 8.95. The zero-order valence-electron chi connectivity index (χ0n) is 16.3. The number of hydrogen-bond acceptors (Lipinski definition) is 7. The van der Waals surface area contributed by atoms with Gasteiger partial charge in [-0.3, -0.25) is 4.79 Å². The highest BCUT2D eigenvalue weighted by atomic mass is 16.1. The maximum absolute atomic E-state index is 12.1. The van der Waals surface area contributed by atoms with E-state index in [1.165, 1.54) is 0 Å². The average molecular weight is 362 g/mol. The molecule has 0 N–H and O–H groups in total. The Kier molecular flexibility index (Phi) is 6.93. The molecule has 0 radical (unpaired) electrons. The van der Waals surface area contributed by atoms with E-state index in [0.29, 0.717) is 18.6 Å². The number of ketones is 1. The van der Waals surface area contributed by atoms with E-state index in [1.807, 2.05) is 0 Å². The molecule has 0 aliphatic carbocycles. The summed E-state index contributed by atoms with van der Waals surface area (Å²) >= 11 is 0. The van der Waals surface area contributed by atoms with Gasteiger partial charge in [-0.05, 0) is 74.2 Å². The zero-order chi connectivity index (χ0) is 19.0. The van der Waals surface area contributed by atoms with Crippen molar-refractivity contribution in [2.45, 2.75) is 90.1 Å². The minimum atomic E-state index is -0.117. The van der Waals surface area contributed by atoms with Gasteiger partial charge >= 0.3 is 0 Å². The van der Waals surface area contributed by atoms with Crippen LogP contribution in [0.3, 0.4) is 0 Å². The van der Waals surface area contributed by atoms with Gasteiger partial charge in [0.15, 0.2) is 0 Å². The Balaban J connectivity index is 1.57. The van der Waals surface area contributed by atoms with Crippen molar-refractivity contribution in [3.05, 3.63) is 12.7 Å². The van der Waals surface area contributed by atoms with Crippen LogP contribution in [0.15, 0.2) is 12.7 Å². The fourth-order valence-electron chi connectivity index (χ4n) is 2.99. The Morgan fingerprint density at radius 2 is 1.19 bits per heavy atom. The molecular weight excluding hydrogens is 332 g/mol. The summed E-state index contributed by atoms with van der Waals surface area (Å²) in [6.07, 6.45) is 10.3. The van der Waals surface area contributed by atoms with Crippen LogP contribution in [0.25, 0.3) is 0 Å². The monoisotopic (exact) mass is 362 g/mol. The summed E-state index contributed by atoms with van der Waals surface area (Å²) in [5.74, 6) is 0.352. The third-order valence-corrected chi connectivity index (χ3v) is 4.93. The molecule has 9 nitrogen and oxygen atoms in total. The van der Waals surface area contributed by atoms with Gasteiger partial charge in [0.25, 0.3) is 0 Å². The number of carbonyl (C=O) groups excluding carboxylic acids is 1. The molecule has 2 heterocycles. The SMILES string of the molecule is CC(C)(CCCCC(=O)CCCCC(C)(C)n1cnnn1)n1cnnn1. The summed E-state index contributed by atoms with van der Waals surface area (Å²) in [6, 6.07) is 0. The van der Waals surface area contributed by atoms with Gasteiger partial charge in [-0.2, -0.15) is 0 Å². The summed E-state index contributed by atoms with van der Waals surface area (Å²) in [6.45, 7) is 8.43. The number of nitrogens with zero attached hydrogens (tertiary/aromatic N) is 8. The maximum Gasteiger partial charge on any atom is 0.138 e. The molecule has 0 spiro atoms. The van der Waals surface area contributed by atoms with Crippen molar-refractivity contribution >= 4 is 5.78 Å². The van der Waals surface area contributed by atoms with Crippen molar-refractivity contribution in [1.82, 2.24) is 40.4 Å². The molecule has 2 rings (SSSR count). The van der Waals surface area contributed by atoms with Gasteiger partial charge in [0, 0.05) is 12.8 Å². The second-order valence-corrected chi connectivity index (χ2v) is 8.09. The summed E-state index contributed by atoms with van der Waals surface area (Å²) in [4.78, 5) is 12.1. The number of rotatable bonds is 12. The molecular formula is C17H30N8O. The minimum Gasteiger partial charge on any atom is -0.300 e. The van der Waals surface area contributed by atoms with Gasteiger partial charge < -0.3 is 0 Å². The molecule has 0 aliphatic rings. The smallest absolute Gasteiger partial charge is 0.138 e. The largest absolute Gasteiger partial charge is 0.300 e. The first-order valence-electron chi connectivity index (χ1n) is 9.30. The first-order valence-corrected chi connectivity index (χ1v) is 9.30. The molecule has 0 aliphatic heterocycles. The third-order valence-electron chi connectivity index (χ3n) is 4.93. The lowest BCUT2D eigenvalue weighted by molar-refractivity contribution is -0.119. The number of hydrogen-bond donors (Lipinski definition) is 0. The predicted octanol–water partition coefficient (Wildman–Crippen LogP) is 2.52. The van der Waals surface area contributed by atoms with Crippen LogP contribution < -0.4 is 0 Å². The van der Waals surface area contributed by atoms with E-state index in [1.54, 1.807) is 22.0 Å². The molecule has 0 amide bonds. The quantitative estimate of drug-likeness (QED) is 0.534. The Bertz CT molecular complexity index is 592. The zero-order valence-corrected chi connectivity index (χ0v) is 16.3. The Morgan fingerprint density at radius 3 is 1.54 bits per heavy atom. The first-order chi connectivity index (χ1) is 12.3. The summed E-state index contributed by atoms with van der Waals surface area (Å²) in [7, 11) is 0. The van der Waals surface area contributed by atoms with Crippen LogP contribution in [0.1, 0.15) is 79.1 Å². The van der Waals surface area contributed by atoms with E-state index in [2.05, 4.69) is 58.7 Å². The highest BCUT2D eigenvalue weighted by Gasteiger charge is 2.22. The van der Waals surface area contributed by atoms with Gasteiger partial charge in [0.2, 0.25) is 0 Å². The Morgan fingerprint density at radius 1 is 0.769 bits per heavy atom.